The standard InChI is InChI=1S/C26H32N6O3/c1-4-15-35-25-18(9-8-10-20(25)34-3)19-16-23(33)27-26-24(19)17(2)30-32(26)22-12-11-21(28-29-22)31-13-6-5-7-14-31/h8-12,19H,4-7,13-16H2,1-3H3,(H,27,33). The van der Waals surface area contributed by atoms with Crippen LogP contribution in [0.15, 0.2) is 30.3 Å². The fourth-order valence-electron chi connectivity index (χ4n) is 5.03. The van der Waals surface area contributed by atoms with Crippen LogP contribution in [-0.4, -0.2) is 52.7 Å². The van der Waals surface area contributed by atoms with Crippen LogP contribution in [0.1, 0.15) is 61.8 Å². The van der Waals surface area contributed by atoms with Gasteiger partial charge in [0.25, 0.3) is 0 Å². The van der Waals surface area contributed by atoms with Crippen molar-refractivity contribution < 1.29 is 14.3 Å². The van der Waals surface area contributed by atoms with Crippen LogP contribution < -0.4 is 19.7 Å². The Labute approximate surface area is 205 Å². The van der Waals surface area contributed by atoms with Gasteiger partial charge >= 0.3 is 0 Å². The zero-order valence-corrected chi connectivity index (χ0v) is 20.6. The summed E-state index contributed by atoms with van der Waals surface area (Å²) in [6, 6.07) is 9.72. The number of fused-ring (bicyclic) bond motifs is 1. The van der Waals surface area contributed by atoms with Crippen LogP contribution >= 0.6 is 0 Å². The largest absolute Gasteiger partial charge is 0.493 e. The molecular formula is C26H32N6O3. The molecule has 2 aliphatic heterocycles. The summed E-state index contributed by atoms with van der Waals surface area (Å²) in [7, 11) is 1.63. The number of rotatable bonds is 7. The van der Waals surface area contributed by atoms with Gasteiger partial charge < -0.3 is 19.7 Å². The topological polar surface area (TPSA) is 94.4 Å². The number of carbonyl (C=O) groups excluding carboxylic acids is 1. The van der Waals surface area contributed by atoms with E-state index in [-0.39, 0.29) is 11.8 Å². The first-order valence-corrected chi connectivity index (χ1v) is 12.4. The Morgan fingerprint density at radius 2 is 1.86 bits per heavy atom. The number of aryl methyl sites for hydroxylation is 1. The average molecular weight is 477 g/mol. The SMILES string of the molecule is CCCOc1c(OC)cccc1C1CC(=O)Nc2c1c(C)nn2-c1ccc(N2CCCCC2)nn1. The Morgan fingerprint density at radius 3 is 2.57 bits per heavy atom. The van der Waals surface area contributed by atoms with Crippen molar-refractivity contribution in [2.45, 2.75) is 51.9 Å². The lowest BCUT2D eigenvalue weighted by atomic mass is 9.85. The molecule has 0 bridgehead atoms. The van der Waals surface area contributed by atoms with E-state index in [1.807, 2.05) is 37.3 Å². The maximum Gasteiger partial charge on any atom is 0.226 e. The number of hydrogen-bond donors (Lipinski definition) is 1. The molecule has 2 aliphatic rings. The second-order valence-corrected chi connectivity index (χ2v) is 9.09. The molecule has 1 fully saturated rings. The minimum absolute atomic E-state index is 0.0780. The number of para-hydroxylation sites is 1. The number of nitrogens with zero attached hydrogens (tertiary/aromatic N) is 5. The van der Waals surface area contributed by atoms with Gasteiger partial charge in [0.2, 0.25) is 5.91 Å². The van der Waals surface area contributed by atoms with Crippen LogP contribution in [0.5, 0.6) is 11.5 Å². The third-order valence-corrected chi connectivity index (χ3v) is 6.69. The molecule has 1 aromatic carbocycles. The first-order chi connectivity index (χ1) is 17.1. The summed E-state index contributed by atoms with van der Waals surface area (Å²) in [5, 5.41) is 16.7. The van der Waals surface area contributed by atoms with E-state index in [4.69, 9.17) is 14.6 Å². The second-order valence-electron chi connectivity index (χ2n) is 9.09. The lowest BCUT2D eigenvalue weighted by molar-refractivity contribution is -0.116. The predicted molar refractivity (Wildman–Crippen MR) is 134 cm³/mol. The van der Waals surface area contributed by atoms with E-state index >= 15 is 0 Å². The minimum atomic E-state index is -0.213. The molecule has 0 radical (unpaired) electrons. The summed E-state index contributed by atoms with van der Waals surface area (Å²) < 4.78 is 13.4. The number of anilines is 2. The third-order valence-electron chi connectivity index (χ3n) is 6.69. The van der Waals surface area contributed by atoms with E-state index in [0.717, 1.165) is 42.1 Å². The number of amides is 1. The number of carbonyl (C=O) groups is 1. The normalized spacial score (nSPS) is 17.6. The molecule has 1 unspecified atom stereocenters. The van der Waals surface area contributed by atoms with Gasteiger partial charge in [-0.25, -0.2) is 0 Å². The lowest BCUT2D eigenvalue weighted by Gasteiger charge is -2.27. The van der Waals surface area contributed by atoms with Crippen molar-refractivity contribution in [3.05, 3.63) is 47.2 Å². The number of ether oxygens (including phenoxy) is 2. The van der Waals surface area contributed by atoms with Gasteiger partial charge in [-0.05, 0) is 50.8 Å². The van der Waals surface area contributed by atoms with Gasteiger partial charge in [-0.15, -0.1) is 10.2 Å². The molecule has 1 amide bonds. The van der Waals surface area contributed by atoms with E-state index in [1.165, 1.54) is 19.3 Å². The first kappa shape index (κ1) is 23.1. The molecule has 2 aromatic heterocycles. The molecule has 3 aromatic rings. The van der Waals surface area contributed by atoms with Crippen molar-refractivity contribution in [2.75, 3.05) is 37.0 Å². The van der Waals surface area contributed by atoms with Gasteiger partial charge in [0, 0.05) is 36.6 Å². The molecule has 5 rings (SSSR count). The van der Waals surface area contributed by atoms with Crippen LogP contribution in [0.3, 0.4) is 0 Å². The Hall–Kier alpha value is -3.62. The Balaban J connectivity index is 1.54. The number of methoxy groups -OCH3 is 1. The molecule has 4 heterocycles. The molecule has 1 atom stereocenters. The van der Waals surface area contributed by atoms with Crippen molar-refractivity contribution in [1.82, 2.24) is 20.0 Å². The summed E-state index contributed by atoms with van der Waals surface area (Å²) in [5.74, 6) is 3.13. The van der Waals surface area contributed by atoms with E-state index in [2.05, 4.69) is 27.3 Å². The number of aromatic nitrogens is 4. The van der Waals surface area contributed by atoms with Gasteiger partial charge in [0.05, 0.1) is 19.4 Å². The predicted octanol–water partition coefficient (Wildman–Crippen LogP) is 4.23. The van der Waals surface area contributed by atoms with Gasteiger partial charge in [0.15, 0.2) is 23.1 Å². The van der Waals surface area contributed by atoms with Crippen molar-refractivity contribution in [3.63, 3.8) is 0 Å². The Bertz CT molecular complexity index is 1200. The summed E-state index contributed by atoms with van der Waals surface area (Å²) in [6.45, 7) is 6.60. The van der Waals surface area contributed by atoms with E-state index in [0.29, 0.717) is 36.2 Å². The van der Waals surface area contributed by atoms with Crippen LogP contribution in [0.4, 0.5) is 11.6 Å². The highest BCUT2D eigenvalue weighted by Crippen LogP contribution is 2.45. The zero-order chi connectivity index (χ0) is 24.4. The third kappa shape index (κ3) is 4.42. The van der Waals surface area contributed by atoms with E-state index < -0.39 is 0 Å². The monoisotopic (exact) mass is 476 g/mol. The van der Waals surface area contributed by atoms with Crippen molar-refractivity contribution in [3.8, 4) is 17.3 Å². The molecule has 35 heavy (non-hydrogen) atoms. The Morgan fingerprint density at radius 1 is 1.09 bits per heavy atom. The molecular weight excluding hydrogens is 444 g/mol. The highest BCUT2D eigenvalue weighted by molar-refractivity contribution is 5.95. The first-order valence-electron chi connectivity index (χ1n) is 12.4. The molecule has 1 N–H and O–H groups in total. The van der Waals surface area contributed by atoms with Gasteiger partial charge in [-0.3, -0.25) is 4.79 Å². The fourth-order valence-corrected chi connectivity index (χ4v) is 5.03. The van der Waals surface area contributed by atoms with Crippen molar-refractivity contribution in [1.29, 1.82) is 0 Å². The number of benzene rings is 1. The maximum atomic E-state index is 12.9. The van der Waals surface area contributed by atoms with Gasteiger partial charge in [0.1, 0.15) is 5.82 Å². The van der Waals surface area contributed by atoms with Crippen LogP contribution in [0, 0.1) is 6.92 Å². The molecule has 9 nitrogen and oxygen atoms in total. The van der Waals surface area contributed by atoms with Crippen LogP contribution in [-0.2, 0) is 4.79 Å². The molecule has 0 spiro atoms. The highest BCUT2D eigenvalue weighted by Gasteiger charge is 2.35. The second kappa shape index (κ2) is 9.93. The molecule has 184 valence electrons. The summed E-state index contributed by atoms with van der Waals surface area (Å²) in [6.07, 6.45) is 4.79. The number of hydrogen-bond acceptors (Lipinski definition) is 7. The van der Waals surface area contributed by atoms with Crippen LogP contribution in [0.25, 0.3) is 5.82 Å². The summed E-state index contributed by atoms with van der Waals surface area (Å²) in [4.78, 5) is 15.1. The van der Waals surface area contributed by atoms with E-state index in [1.54, 1.807) is 11.8 Å². The van der Waals surface area contributed by atoms with Crippen LogP contribution in [0.2, 0.25) is 0 Å². The smallest absolute Gasteiger partial charge is 0.226 e. The minimum Gasteiger partial charge on any atom is -0.493 e. The maximum absolute atomic E-state index is 12.9. The molecule has 0 saturated carbocycles. The Kier molecular flexibility index (Phi) is 6.57. The van der Waals surface area contributed by atoms with Crippen molar-refractivity contribution >= 4 is 17.5 Å². The molecule has 1 saturated heterocycles. The van der Waals surface area contributed by atoms with Gasteiger partial charge in [-0.2, -0.15) is 9.78 Å². The zero-order valence-electron chi connectivity index (χ0n) is 20.6. The number of piperidine rings is 1. The highest BCUT2D eigenvalue weighted by atomic mass is 16.5. The molecule has 9 heteroatoms. The molecule has 0 aliphatic carbocycles. The summed E-state index contributed by atoms with van der Waals surface area (Å²) >= 11 is 0. The lowest BCUT2D eigenvalue weighted by Crippen LogP contribution is -2.30. The summed E-state index contributed by atoms with van der Waals surface area (Å²) in [5.41, 5.74) is 2.71. The van der Waals surface area contributed by atoms with E-state index in [9.17, 15) is 4.79 Å². The fraction of sp³-hybridized carbons (Fsp3) is 0.462. The van der Waals surface area contributed by atoms with Gasteiger partial charge in [-0.1, -0.05) is 19.1 Å². The number of nitrogens with one attached hydrogen (secondary N) is 1. The average Bonchev–Trinajstić information content (AvgIpc) is 3.23. The van der Waals surface area contributed by atoms with Crippen molar-refractivity contribution in [2.24, 2.45) is 0 Å². The quantitative estimate of drug-likeness (QED) is 0.545.